The third-order valence-corrected chi connectivity index (χ3v) is 1.79. The first-order chi connectivity index (χ1) is 5.58. The molecular formula is C7H8LiNO3S. The van der Waals surface area contributed by atoms with Gasteiger partial charge in [0.1, 0.15) is 0 Å². The first kappa shape index (κ1) is 12.7. The van der Waals surface area contributed by atoms with Crippen molar-refractivity contribution < 1.29 is 31.8 Å². The number of hydrogen-bond acceptors (Lipinski definition) is 3. The third kappa shape index (κ3) is 5.85. The van der Waals surface area contributed by atoms with E-state index in [1.165, 1.54) is 0 Å². The molecule has 0 heterocycles. The number of hydrogen-bond donors (Lipinski definition) is 1. The van der Waals surface area contributed by atoms with Crippen LogP contribution < -0.4 is 23.6 Å². The Morgan fingerprint density at radius 2 is 1.77 bits per heavy atom. The maximum Gasteiger partial charge on any atom is 1.00 e. The zero-order valence-corrected chi connectivity index (χ0v) is 8.04. The molecule has 0 atom stereocenters. The fraction of sp³-hybridized carbons (Fsp3) is 0.143. The van der Waals surface area contributed by atoms with Crippen LogP contribution in [0.15, 0.2) is 30.3 Å². The molecule has 0 aliphatic carbocycles. The first-order valence-corrected chi connectivity index (χ1v) is 4.73. The van der Waals surface area contributed by atoms with Crippen LogP contribution in [0, 0.1) is 0 Å². The van der Waals surface area contributed by atoms with Gasteiger partial charge >= 0.3 is 18.9 Å². The second-order valence-corrected chi connectivity index (χ2v) is 3.46. The minimum absolute atomic E-state index is 0. The van der Waals surface area contributed by atoms with E-state index >= 15 is 0 Å². The largest absolute Gasteiger partial charge is 1.00 e. The molecule has 0 aliphatic heterocycles. The van der Waals surface area contributed by atoms with Crippen LogP contribution in [0.4, 0.5) is 0 Å². The molecule has 0 amide bonds. The van der Waals surface area contributed by atoms with E-state index in [1.807, 2.05) is 10.8 Å². The summed E-state index contributed by atoms with van der Waals surface area (Å²) in [5.41, 5.74) is 0.761. The Bertz CT molecular complexity index is 338. The van der Waals surface area contributed by atoms with E-state index in [9.17, 15) is 13.0 Å². The SMILES string of the molecule is O=S(=O)([O-])NCc1ccccc1.[Li+]. The van der Waals surface area contributed by atoms with Crippen LogP contribution in [0.2, 0.25) is 0 Å². The van der Waals surface area contributed by atoms with Crippen LogP contribution in [0.25, 0.3) is 0 Å². The second-order valence-electron chi connectivity index (χ2n) is 2.26. The van der Waals surface area contributed by atoms with Crippen LogP contribution in [0.5, 0.6) is 0 Å². The van der Waals surface area contributed by atoms with Crippen molar-refractivity contribution in [2.24, 2.45) is 0 Å². The summed E-state index contributed by atoms with van der Waals surface area (Å²) in [6.45, 7) is 0.0483. The summed E-state index contributed by atoms with van der Waals surface area (Å²) in [5.74, 6) is 0. The third-order valence-electron chi connectivity index (χ3n) is 1.30. The normalized spacial score (nSPS) is 10.5. The molecule has 0 saturated carbocycles. The van der Waals surface area contributed by atoms with E-state index in [1.54, 1.807) is 24.3 Å². The average Bonchev–Trinajstić information content (AvgIpc) is 2.02. The predicted molar refractivity (Wildman–Crippen MR) is 43.0 cm³/mol. The monoisotopic (exact) mass is 193 g/mol. The molecular weight excluding hydrogens is 185 g/mol. The topological polar surface area (TPSA) is 69.2 Å². The van der Waals surface area contributed by atoms with Gasteiger partial charge in [0.2, 0.25) is 0 Å². The molecule has 1 aromatic rings. The van der Waals surface area contributed by atoms with Gasteiger partial charge in [-0.3, -0.25) is 0 Å². The molecule has 66 valence electrons. The molecule has 0 unspecified atom stereocenters. The molecule has 0 aromatic heterocycles. The molecule has 1 N–H and O–H groups in total. The Morgan fingerprint density at radius 1 is 1.23 bits per heavy atom. The van der Waals surface area contributed by atoms with Gasteiger partial charge in [-0.1, -0.05) is 30.3 Å². The summed E-state index contributed by atoms with van der Waals surface area (Å²) in [6.07, 6.45) is 0. The number of benzene rings is 1. The van der Waals surface area contributed by atoms with E-state index in [4.69, 9.17) is 0 Å². The maximum absolute atomic E-state index is 10.1. The van der Waals surface area contributed by atoms with Crippen molar-refractivity contribution in [2.45, 2.75) is 6.54 Å². The van der Waals surface area contributed by atoms with Gasteiger partial charge in [-0.2, -0.15) is 0 Å². The van der Waals surface area contributed by atoms with E-state index < -0.39 is 10.3 Å². The molecule has 4 nitrogen and oxygen atoms in total. The molecule has 0 radical (unpaired) electrons. The summed E-state index contributed by atoms with van der Waals surface area (Å²) in [4.78, 5) is 0. The van der Waals surface area contributed by atoms with Gasteiger partial charge in [0.25, 0.3) is 0 Å². The predicted octanol–water partition coefficient (Wildman–Crippen LogP) is -2.76. The smallest absolute Gasteiger partial charge is 0.735 e. The standard InChI is InChI=1S/C7H9NO3S.Li/c9-12(10,11)8-6-7-4-2-1-3-5-7;/h1-5,8H,6H2,(H,9,10,11);/q;+1/p-1. The summed E-state index contributed by atoms with van der Waals surface area (Å²) in [5, 5.41) is 0. The zero-order chi connectivity index (χ0) is 9.03. The maximum atomic E-state index is 10.1. The van der Waals surface area contributed by atoms with Crippen molar-refractivity contribution in [2.75, 3.05) is 0 Å². The van der Waals surface area contributed by atoms with Gasteiger partial charge < -0.3 is 4.55 Å². The summed E-state index contributed by atoms with van der Waals surface area (Å²) in [6, 6.07) is 8.83. The molecule has 0 saturated heterocycles. The van der Waals surface area contributed by atoms with Gasteiger partial charge in [-0.15, -0.1) is 0 Å². The summed E-state index contributed by atoms with van der Waals surface area (Å²) >= 11 is 0. The van der Waals surface area contributed by atoms with Crippen LogP contribution in [0.3, 0.4) is 0 Å². The molecule has 0 bridgehead atoms. The molecule has 1 aromatic carbocycles. The number of nitrogens with one attached hydrogen (secondary N) is 1. The molecule has 6 heteroatoms. The minimum Gasteiger partial charge on any atom is -0.735 e. The van der Waals surface area contributed by atoms with Gasteiger partial charge in [0, 0.05) is 6.54 Å². The molecule has 0 fully saturated rings. The Kier molecular flexibility index (Phi) is 5.29. The summed E-state index contributed by atoms with van der Waals surface area (Å²) in [7, 11) is -4.32. The fourth-order valence-corrected chi connectivity index (χ4v) is 1.11. The van der Waals surface area contributed by atoms with E-state index in [-0.39, 0.29) is 25.4 Å². The van der Waals surface area contributed by atoms with Crippen molar-refractivity contribution in [1.29, 1.82) is 0 Å². The minimum atomic E-state index is -4.32. The zero-order valence-electron chi connectivity index (χ0n) is 7.23. The molecule has 13 heavy (non-hydrogen) atoms. The van der Waals surface area contributed by atoms with E-state index in [0.29, 0.717) is 0 Å². The molecule has 0 spiro atoms. The van der Waals surface area contributed by atoms with Crippen molar-refractivity contribution in [1.82, 2.24) is 4.72 Å². The first-order valence-electron chi connectivity index (χ1n) is 3.32. The van der Waals surface area contributed by atoms with Crippen molar-refractivity contribution >= 4 is 10.3 Å². The summed E-state index contributed by atoms with van der Waals surface area (Å²) < 4.78 is 32.3. The van der Waals surface area contributed by atoms with Gasteiger partial charge in [-0.25, -0.2) is 13.1 Å². The van der Waals surface area contributed by atoms with E-state index in [0.717, 1.165) is 5.56 Å². The molecule has 0 aliphatic rings. The Morgan fingerprint density at radius 3 is 2.23 bits per heavy atom. The fourth-order valence-electron chi connectivity index (χ4n) is 0.768. The van der Waals surface area contributed by atoms with Crippen molar-refractivity contribution in [3.63, 3.8) is 0 Å². The quantitative estimate of drug-likeness (QED) is 0.417. The van der Waals surface area contributed by atoms with Crippen LogP contribution in [0.1, 0.15) is 5.56 Å². The Balaban J connectivity index is 0.00000144. The van der Waals surface area contributed by atoms with Crippen molar-refractivity contribution in [3.8, 4) is 0 Å². The average molecular weight is 193 g/mol. The Labute approximate surface area is 89.4 Å². The van der Waals surface area contributed by atoms with Gasteiger partial charge in [0.15, 0.2) is 10.3 Å². The van der Waals surface area contributed by atoms with Crippen LogP contribution in [-0.4, -0.2) is 13.0 Å². The van der Waals surface area contributed by atoms with Gasteiger partial charge in [0.05, 0.1) is 0 Å². The van der Waals surface area contributed by atoms with E-state index in [2.05, 4.69) is 0 Å². The number of rotatable bonds is 3. The van der Waals surface area contributed by atoms with Crippen LogP contribution in [-0.2, 0) is 16.8 Å². The second kappa shape index (κ2) is 5.42. The Hall–Kier alpha value is -0.313. The van der Waals surface area contributed by atoms with Crippen LogP contribution >= 0.6 is 0 Å². The van der Waals surface area contributed by atoms with Crippen molar-refractivity contribution in [3.05, 3.63) is 35.9 Å². The molecule has 1 rings (SSSR count). The van der Waals surface area contributed by atoms with Gasteiger partial charge in [-0.05, 0) is 5.56 Å².